The summed E-state index contributed by atoms with van der Waals surface area (Å²) in [5.74, 6) is 0.473. The molecule has 0 amide bonds. The molecule has 0 aromatic heterocycles. The van der Waals surface area contributed by atoms with Gasteiger partial charge in [0, 0.05) is 22.1 Å². The van der Waals surface area contributed by atoms with Crippen LogP contribution in [-0.4, -0.2) is 12.2 Å². The minimum atomic E-state index is 0.0111. The van der Waals surface area contributed by atoms with Crippen LogP contribution >= 0.6 is 27.5 Å². The van der Waals surface area contributed by atoms with E-state index in [0.29, 0.717) is 5.92 Å². The van der Waals surface area contributed by atoms with E-state index in [9.17, 15) is 0 Å². The van der Waals surface area contributed by atoms with E-state index >= 15 is 0 Å². The fourth-order valence-electron chi connectivity index (χ4n) is 3.77. The van der Waals surface area contributed by atoms with Gasteiger partial charge in [-0.15, -0.1) is 0 Å². The summed E-state index contributed by atoms with van der Waals surface area (Å²) in [7, 11) is 0. The van der Waals surface area contributed by atoms with E-state index in [1.807, 2.05) is 18.2 Å². The largest absolute Gasteiger partial charge is 0.375 e. The summed E-state index contributed by atoms with van der Waals surface area (Å²) in [5.41, 5.74) is 7.69. The molecule has 2 atom stereocenters. The maximum Gasteiger partial charge on any atom is 0.0685 e. The molecule has 3 rings (SSSR count). The van der Waals surface area contributed by atoms with E-state index in [0.717, 1.165) is 34.5 Å². The van der Waals surface area contributed by atoms with E-state index in [2.05, 4.69) is 15.9 Å². The average Bonchev–Trinajstić information content (AvgIpc) is 2.86. The summed E-state index contributed by atoms with van der Waals surface area (Å²) in [6.07, 6.45) is 7.10. The highest BCUT2D eigenvalue weighted by atomic mass is 79.9. The molecule has 4 heteroatoms. The van der Waals surface area contributed by atoms with Crippen LogP contribution in [0, 0.1) is 5.92 Å². The lowest BCUT2D eigenvalue weighted by Gasteiger charge is -2.40. The number of ether oxygens (including phenoxy) is 1. The Kier molecular flexibility index (Phi) is 4.42. The molecule has 0 radical (unpaired) electrons. The first-order chi connectivity index (χ1) is 9.60. The Morgan fingerprint density at radius 1 is 1.35 bits per heavy atom. The summed E-state index contributed by atoms with van der Waals surface area (Å²) >= 11 is 9.80. The van der Waals surface area contributed by atoms with Gasteiger partial charge in [-0.05, 0) is 49.3 Å². The second-order valence-corrected chi connectivity index (χ2v) is 7.51. The highest BCUT2D eigenvalue weighted by molar-refractivity contribution is 9.10. The molecular weight excluding hydrogens is 338 g/mol. The maximum atomic E-state index is 6.52. The molecule has 1 aromatic rings. The van der Waals surface area contributed by atoms with Gasteiger partial charge in [-0.1, -0.05) is 46.4 Å². The van der Waals surface area contributed by atoms with Crippen LogP contribution in [0.3, 0.4) is 0 Å². The van der Waals surface area contributed by atoms with Gasteiger partial charge in [-0.3, -0.25) is 0 Å². The summed E-state index contributed by atoms with van der Waals surface area (Å²) < 4.78 is 7.09. The van der Waals surface area contributed by atoms with Crippen molar-refractivity contribution in [1.82, 2.24) is 0 Å². The minimum absolute atomic E-state index is 0.0111. The average molecular weight is 359 g/mol. The highest BCUT2D eigenvalue weighted by Crippen LogP contribution is 2.45. The second-order valence-electron chi connectivity index (χ2n) is 6.18. The van der Waals surface area contributed by atoms with Gasteiger partial charge in [0.05, 0.1) is 5.60 Å². The molecule has 1 aromatic carbocycles. The van der Waals surface area contributed by atoms with Crippen molar-refractivity contribution < 1.29 is 4.74 Å². The van der Waals surface area contributed by atoms with E-state index in [4.69, 9.17) is 22.1 Å². The first-order valence-electron chi connectivity index (χ1n) is 7.44. The molecule has 1 saturated carbocycles. The summed E-state index contributed by atoms with van der Waals surface area (Å²) in [4.78, 5) is 0. The molecular formula is C16H21BrClNO. The molecule has 2 N–H and O–H groups in total. The Hall–Kier alpha value is -0.0900. The van der Waals surface area contributed by atoms with Gasteiger partial charge in [-0.2, -0.15) is 0 Å². The molecule has 110 valence electrons. The van der Waals surface area contributed by atoms with Crippen molar-refractivity contribution in [1.29, 1.82) is 0 Å². The molecule has 1 heterocycles. The molecule has 2 unspecified atom stereocenters. The lowest BCUT2D eigenvalue weighted by atomic mass is 9.79. The fourth-order valence-corrected chi connectivity index (χ4v) is 4.57. The third-order valence-electron chi connectivity index (χ3n) is 4.88. The van der Waals surface area contributed by atoms with Crippen LogP contribution in [0.1, 0.15) is 50.1 Å². The van der Waals surface area contributed by atoms with E-state index in [1.54, 1.807) is 0 Å². The zero-order valence-corrected chi connectivity index (χ0v) is 13.9. The Morgan fingerprint density at radius 3 is 2.80 bits per heavy atom. The predicted octanol–water partition coefficient (Wildman–Crippen LogP) is 4.84. The van der Waals surface area contributed by atoms with Crippen LogP contribution in [-0.2, 0) is 4.74 Å². The lowest BCUT2D eigenvalue weighted by molar-refractivity contribution is -0.0963. The zero-order valence-electron chi connectivity index (χ0n) is 11.6. The second kappa shape index (κ2) is 5.96. The summed E-state index contributed by atoms with van der Waals surface area (Å²) in [6.45, 7) is 0.840. The van der Waals surface area contributed by atoms with Gasteiger partial charge in [0.15, 0.2) is 0 Å². The first kappa shape index (κ1) is 14.8. The van der Waals surface area contributed by atoms with Crippen molar-refractivity contribution in [3.8, 4) is 0 Å². The van der Waals surface area contributed by atoms with E-state index < -0.39 is 0 Å². The highest BCUT2D eigenvalue weighted by Gasteiger charge is 2.41. The van der Waals surface area contributed by atoms with E-state index in [1.165, 1.54) is 25.7 Å². The van der Waals surface area contributed by atoms with Crippen LogP contribution in [0.4, 0.5) is 0 Å². The molecule has 1 aliphatic carbocycles. The molecule has 1 saturated heterocycles. The van der Waals surface area contributed by atoms with Crippen molar-refractivity contribution >= 4 is 27.5 Å². The number of benzene rings is 1. The van der Waals surface area contributed by atoms with Crippen molar-refractivity contribution in [3.63, 3.8) is 0 Å². The smallest absolute Gasteiger partial charge is 0.0685 e. The Morgan fingerprint density at radius 2 is 2.10 bits per heavy atom. The number of hydrogen-bond acceptors (Lipinski definition) is 2. The molecule has 20 heavy (non-hydrogen) atoms. The maximum absolute atomic E-state index is 6.52. The van der Waals surface area contributed by atoms with Gasteiger partial charge >= 0.3 is 0 Å². The van der Waals surface area contributed by atoms with Crippen LogP contribution in [0.2, 0.25) is 5.02 Å². The van der Waals surface area contributed by atoms with E-state index in [-0.39, 0.29) is 11.6 Å². The van der Waals surface area contributed by atoms with Crippen LogP contribution in [0.5, 0.6) is 0 Å². The molecule has 0 bridgehead atoms. The first-order valence-corrected chi connectivity index (χ1v) is 8.61. The third kappa shape index (κ3) is 2.92. The zero-order chi connectivity index (χ0) is 14.2. The van der Waals surface area contributed by atoms with Gasteiger partial charge in [-0.25, -0.2) is 0 Å². The SMILES string of the molecule is NC(c1ccc(Br)cc1Cl)C1CCOC2(CCCC2)C1. The van der Waals surface area contributed by atoms with Crippen molar-refractivity contribution in [2.24, 2.45) is 11.7 Å². The number of nitrogens with two attached hydrogens (primary N) is 1. The van der Waals surface area contributed by atoms with Crippen LogP contribution in [0.25, 0.3) is 0 Å². The summed E-state index contributed by atoms with van der Waals surface area (Å²) in [5, 5.41) is 0.763. The summed E-state index contributed by atoms with van der Waals surface area (Å²) in [6, 6.07) is 6.01. The normalized spacial score (nSPS) is 26.9. The third-order valence-corrected chi connectivity index (χ3v) is 5.70. The van der Waals surface area contributed by atoms with Gasteiger partial charge in [0.25, 0.3) is 0 Å². The Bertz CT molecular complexity index is 487. The quantitative estimate of drug-likeness (QED) is 0.821. The molecule has 1 aliphatic heterocycles. The Labute approximate surface area is 134 Å². The monoisotopic (exact) mass is 357 g/mol. The van der Waals surface area contributed by atoms with Crippen LogP contribution < -0.4 is 5.73 Å². The minimum Gasteiger partial charge on any atom is -0.375 e. The molecule has 1 spiro atoms. The standard InChI is InChI=1S/C16H21BrClNO/c17-12-3-4-13(14(18)9-12)15(19)11-5-8-20-16(10-11)6-1-2-7-16/h3-4,9,11,15H,1-2,5-8,10,19H2. The number of hydrogen-bond donors (Lipinski definition) is 1. The molecule has 2 aliphatic rings. The molecule has 2 nitrogen and oxygen atoms in total. The number of halogens is 2. The van der Waals surface area contributed by atoms with Crippen LogP contribution in [0.15, 0.2) is 22.7 Å². The van der Waals surface area contributed by atoms with Crippen molar-refractivity contribution in [2.45, 2.75) is 50.2 Å². The molecule has 2 fully saturated rings. The van der Waals surface area contributed by atoms with Crippen molar-refractivity contribution in [2.75, 3.05) is 6.61 Å². The fraction of sp³-hybridized carbons (Fsp3) is 0.625. The van der Waals surface area contributed by atoms with Gasteiger partial charge < -0.3 is 10.5 Å². The predicted molar refractivity (Wildman–Crippen MR) is 86.0 cm³/mol. The topological polar surface area (TPSA) is 35.2 Å². The van der Waals surface area contributed by atoms with Crippen molar-refractivity contribution in [3.05, 3.63) is 33.3 Å². The number of rotatable bonds is 2. The lowest BCUT2D eigenvalue weighted by Crippen LogP contribution is -2.40. The van der Waals surface area contributed by atoms with Gasteiger partial charge in [0.1, 0.15) is 0 Å². The van der Waals surface area contributed by atoms with Gasteiger partial charge in [0.2, 0.25) is 0 Å². The Balaban J connectivity index is 1.77.